The third kappa shape index (κ3) is 4.38. The molecule has 3 aromatic carbocycles. The first kappa shape index (κ1) is 20.1. The summed E-state index contributed by atoms with van der Waals surface area (Å²) in [6.07, 6.45) is 1.40. The van der Waals surface area contributed by atoms with Crippen molar-refractivity contribution in [2.24, 2.45) is 5.10 Å². The summed E-state index contributed by atoms with van der Waals surface area (Å²) in [5, 5.41) is 23.7. The molecule has 0 spiro atoms. The molecule has 1 heterocycles. The maximum Gasteiger partial charge on any atom is 0.272 e. The van der Waals surface area contributed by atoms with Crippen LogP contribution in [-0.4, -0.2) is 27.3 Å². The molecule has 0 aliphatic rings. The first-order valence-corrected chi connectivity index (χ1v) is 9.74. The number of aryl methyl sites for hydroxylation is 2. The van der Waals surface area contributed by atoms with Crippen LogP contribution in [0.15, 0.2) is 71.8 Å². The summed E-state index contributed by atoms with van der Waals surface area (Å²) in [4.78, 5) is 17.7. The van der Waals surface area contributed by atoms with E-state index in [0.29, 0.717) is 16.8 Å². The number of fused-ring (bicyclic) bond motifs is 1. The van der Waals surface area contributed by atoms with Crippen molar-refractivity contribution in [3.8, 4) is 22.8 Å². The molecule has 154 valence electrons. The molecule has 0 aliphatic heterocycles. The van der Waals surface area contributed by atoms with Gasteiger partial charge in [-0.05, 0) is 55.8 Å². The van der Waals surface area contributed by atoms with Crippen LogP contribution in [0.5, 0.6) is 11.5 Å². The summed E-state index contributed by atoms with van der Waals surface area (Å²) in [5.74, 6) is -0.845. The normalized spacial score (nSPS) is 11.2. The van der Waals surface area contributed by atoms with Gasteiger partial charge in [0.05, 0.1) is 23.0 Å². The Balaban J connectivity index is 1.69. The van der Waals surface area contributed by atoms with Gasteiger partial charge in [-0.3, -0.25) is 4.79 Å². The van der Waals surface area contributed by atoms with E-state index in [-0.39, 0.29) is 17.4 Å². The molecule has 1 aromatic heterocycles. The fourth-order valence-corrected chi connectivity index (χ4v) is 3.25. The predicted molar refractivity (Wildman–Crippen MR) is 121 cm³/mol. The SMILES string of the molecule is Cc1ccc(-c2cc(C(=O)NN=Cc3ccc(O)c(O)c3)c3cc(C)ccc3n2)cc1. The van der Waals surface area contributed by atoms with E-state index in [0.717, 1.165) is 27.6 Å². The number of aromatic nitrogens is 1. The number of rotatable bonds is 4. The minimum absolute atomic E-state index is 0.219. The maximum atomic E-state index is 13.0. The Hall–Kier alpha value is -4.19. The lowest BCUT2D eigenvalue weighted by molar-refractivity contribution is 0.0956. The second-order valence-electron chi connectivity index (χ2n) is 7.39. The number of hydrazone groups is 1. The third-order valence-corrected chi connectivity index (χ3v) is 4.94. The van der Waals surface area contributed by atoms with Gasteiger partial charge in [0.1, 0.15) is 0 Å². The van der Waals surface area contributed by atoms with Crippen molar-refractivity contribution < 1.29 is 15.0 Å². The van der Waals surface area contributed by atoms with E-state index in [9.17, 15) is 15.0 Å². The van der Waals surface area contributed by atoms with Gasteiger partial charge >= 0.3 is 0 Å². The molecule has 4 aromatic rings. The van der Waals surface area contributed by atoms with Gasteiger partial charge in [-0.15, -0.1) is 0 Å². The number of benzene rings is 3. The minimum Gasteiger partial charge on any atom is -0.504 e. The van der Waals surface area contributed by atoms with E-state index in [1.54, 1.807) is 12.1 Å². The van der Waals surface area contributed by atoms with Gasteiger partial charge in [-0.2, -0.15) is 5.10 Å². The van der Waals surface area contributed by atoms with Crippen LogP contribution in [0.2, 0.25) is 0 Å². The number of carbonyl (C=O) groups excluding carboxylic acids is 1. The Labute approximate surface area is 179 Å². The van der Waals surface area contributed by atoms with Gasteiger partial charge in [0.2, 0.25) is 0 Å². The Bertz CT molecular complexity index is 1310. The highest BCUT2D eigenvalue weighted by Crippen LogP contribution is 2.26. The fraction of sp³-hybridized carbons (Fsp3) is 0.0800. The van der Waals surface area contributed by atoms with Crippen molar-refractivity contribution in [3.63, 3.8) is 0 Å². The largest absolute Gasteiger partial charge is 0.504 e. The van der Waals surface area contributed by atoms with Crippen LogP contribution in [0, 0.1) is 13.8 Å². The number of hydrogen-bond donors (Lipinski definition) is 3. The first-order valence-electron chi connectivity index (χ1n) is 9.74. The highest BCUT2D eigenvalue weighted by molar-refractivity contribution is 6.07. The fourth-order valence-electron chi connectivity index (χ4n) is 3.25. The highest BCUT2D eigenvalue weighted by atomic mass is 16.3. The molecule has 6 nitrogen and oxygen atoms in total. The quantitative estimate of drug-likeness (QED) is 0.258. The van der Waals surface area contributed by atoms with Gasteiger partial charge in [-0.25, -0.2) is 10.4 Å². The molecule has 0 fully saturated rings. The van der Waals surface area contributed by atoms with E-state index in [1.165, 1.54) is 18.3 Å². The lowest BCUT2D eigenvalue weighted by atomic mass is 10.0. The Morgan fingerprint density at radius 2 is 1.65 bits per heavy atom. The number of nitrogens with zero attached hydrogens (tertiary/aromatic N) is 2. The molecule has 0 atom stereocenters. The van der Waals surface area contributed by atoms with Crippen LogP contribution in [0.3, 0.4) is 0 Å². The molecule has 0 saturated heterocycles. The van der Waals surface area contributed by atoms with E-state index >= 15 is 0 Å². The van der Waals surface area contributed by atoms with Crippen molar-refractivity contribution in [1.29, 1.82) is 0 Å². The number of phenolic OH excluding ortho intramolecular Hbond substituents is 2. The summed E-state index contributed by atoms with van der Waals surface area (Å²) in [6, 6.07) is 19.8. The zero-order valence-corrected chi connectivity index (χ0v) is 17.1. The number of nitrogens with one attached hydrogen (secondary N) is 1. The van der Waals surface area contributed by atoms with Crippen LogP contribution in [0.4, 0.5) is 0 Å². The average Bonchev–Trinajstić information content (AvgIpc) is 2.76. The smallest absolute Gasteiger partial charge is 0.272 e. The molecule has 1 amide bonds. The Morgan fingerprint density at radius 1 is 0.903 bits per heavy atom. The number of aromatic hydroxyl groups is 2. The summed E-state index contributed by atoms with van der Waals surface area (Å²) in [5.41, 5.74) is 8.06. The zero-order chi connectivity index (χ0) is 22.0. The lowest BCUT2D eigenvalue weighted by Gasteiger charge is -2.10. The standard InChI is InChI=1S/C25H21N3O3/c1-15-3-7-18(8-4-15)22-13-20(19-11-16(2)5-9-21(19)27-22)25(31)28-26-14-17-6-10-23(29)24(30)12-17/h3-14,29-30H,1-2H3,(H,28,31). The molecule has 4 rings (SSSR count). The second kappa shape index (κ2) is 8.28. The average molecular weight is 411 g/mol. The minimum atomic E-state index is -0.370. The van der Waals surface area contributed by atoms with Crippen molar-refractivity contribution in [1.82, 2.24) is 10.4 Å². The van der Waals surface area contributed by atoms with Gasteiger partial charge < -0.3 is 10.2 Å². The van der Waals surface area contributed by atoms with Gasteiger partial charge in [-0.1, -0.05) is 41.5 Å². The molecule has 0 radical (unpaired) electrons. The molecular formula is C25H21N3O3. The number of carbonyl (C=O) groups is 1. The third-order valence-electron chi connectivity index (χ3n) is 4.94. The van der Waals surface area contributed by atoms with Crippen LogP contribution < -0.4 is 5.43 Å². The van der Waals surface area contributed by atoms with E-state index < -0.39 is 0 Å². The van der Waals surface area contributed by atoms with E-state index in [1.807, 2.05) is 56.3 Å². The Kier molecular flexibility index (Phi) is 5.37. The summed E-state index contributed by atoms with van der Waals surface area (Å²) < 4.78 is 0. The summed E-state index contributed by atoms with van der Waals surface area (Å²) in [7, 11) is 0. The predicted octanol–water partition coefficient (Wildman–Crippen LogP) is 4.69. The lowest BCUT2D eigenvalue weighted by Crippen LogP contribution is -2.18. The summed E-state index contributed by atoms with van der Waals surface area (Å²) in [6.45, 7) is 3.98. The van der Waals surface area contributed by atoms with Crippen molar-refractivity contribution >= 4 is 23.0 Å². The van der Waals surface area contributed by atoms with Crippen molar-refractivity contribution in [2.75, 3.05) is 0 Å². The molecule has 0 bridgehead atoms. The Morgan fingerprint density at radius 3 is 2.39 bits per heavy atom. The molecule has 0 aliphatic carbocycles. The molecule has 31 heavy (non-hydrogen) atoms. The van der Waals surface area contributed by atoms with Crippen LogP contribution >= 0.6 is 0 Å². The number of amides is 1. The number of pyridine rings is 1. The zero-order valence-electron chi connectivity index (χ0n) is 17.1. The number of phenols is 2. The monoisotopic (exact) mass is 411 g/mol. The van der Waals surface area contributed by atoms with Gasteiger partial charge in [0.25, 0.3) is 5.91 Å². The van der Waals surface area contributed by atoms with Crippen LogP contribution in [-0.2, 0) is 0 Å². The van der Waals surface area contributed by atoms with E-state index in [2.05, 4.69) is 10.5 Å². The molecule has 6 heteroatoms. The summed E-state index contributed by atoms with van der Waals surface area (Å²) >= 11 is 0. The topological polar surface area (TPSA) is 94.8 Å². The van der Waals surface area contributed by atoms with Crippen molar-refractivity contribution in [2.45, 2.75) is 13.8 Å². The number of hydrogen-bond acceptors (Lipinski definition) is 5. The maximum absolute atomic E-state index is 13.0. The molecule has 0 unspecified atom stereocenters. The molecule has 0 saturated carbocycles. The second-order valence-corrected chi connectivity index (χ2v) is 7.39. The van der Waals surface area contributed by atoms with Crippen LogP contribution in [0.25, 0.3) is 22.2 Å². The van der Waals surface area contributed by atoms with E-state index in [4.69, 9.17) is 4.98 Å². The van der Waals surface area contributed by atoms with Crippen LogP contribution in [0.1, 0.15) is 27.0 Å². The van der Waals surface area contributed by atoms with Crippen molar-refractivity contribution in [3.05, 3.63) is 89.0 Å². The molecular weight excluding hydrogens is 390 g/mol. The van der Waals surface area contributed by atoms with Gasteiger partial charge in [0.15, 0.2) is 11.5 Å². The van der Waals surface area contributed by atoms with Gasteiger partial charge in [0, 0.05) is 10.9 Å². The highest BCUT2D eigenvalue weighted by Gasteiger charge is 2.14. The molecule has 3 N–H and O–H groups in total. The first-order chi connectivity index (χ1) is 14.9.